The molecule has 0 aliphatic carbocycles. The molecule has 1 aliphatic heterocycles. The van der Waals surface area contributed by atoms with E-state index in [-0.39, 0.29) is 6.04 Å². The normalized spacial score (nSPS) is 16.5. The molecule has 0 saturated heterocycles. The summed E-state index contributed by atoms with van der Waals surface area (Å²) in [5, 5.41) is 5.98. The number of aliphatic imine (C=N–C) groups is 1. The molecule has 0 fully saturated rings. The molecule has 0 unspecified atom stereocenters. The third-order valence-electron chi connectivity index (χ3n) is 4.52. The highest BCUT2D eigenvalue weighted by atomic mass is 16.5. The average molecular weight is 331 g/mol. The largest absolute Gasteiger partial charge is 0.463 e. The minimum absolute atomic E-state index is 0.188. The summed E-state index contributed by atoms with van der Waals surface area (Å²) in [5.41, 5.74) is 9.06. The molecular formula is C21H21N3O. The topological polar surface area (TPSA) is 59.6 Å². The zero-order valence-electron chi connectivity index (χ0n) is 14.0. The summed E-state index contributed by atoms with van der Waals surface area (Å²) in [4.78, 5) is 4.27. The number of nitrogens with one attached hydrogen (secondary N) is 1. The van der Waals surface area contributed by atoms with E-state index in [1.54, 1.807) is 0 Å². The minimum atomic E-state index is 0.188. The highest BCUT2D eigenvalue weighted by Gasteiger charge is 2.16. The number of amidine groups is 1. The maximum absolute atomic E-state index is 5.55. The van der Waals surface area contributed by atoms with Crippen molar-refractivity contribution in [3.8, 4) is 0 Å². The lowest BCUT2D eigenvalue weighted by atomic mass is 10.1. The Hall–Kier alpha value is -3.01. The number of fused-ring (bicyclic) bond motifs is 1. The summed E-state index contributed by atoms with van der Waals surface area (Å²) in [6.45, 7) is 0.604. The molecule has 126 valence electrons. The first-order valence-corrected chi connectivity index (χ1v) is 8.58. The van der Waals surface area contributed by atoms with Crippen LogP contribution in [0.15, 0.2) is 71.7 Å². The quantitative estimate of drug-likeness (QED) is 0.735. The molecule has 4 heteroatoms. The van der Waals surface area contributed by atoms with Gasteiger partial charge >= 0.3 is 0 Å². The van der Waals surface area contributed by atoms with Crippen LogP contribution in [0, 0.1) is 0 Å². The second-order valence-electron chi connectivity index (χ2n) is 6.32. The van der Waals surface area contributed by atoms with Gasteiger partial charge in [-0.25, -0.2) is 4.99 Å². The molecule has 0 aromatic heterocycles. The Labute approximate surface area is 147 Å². The van der Waals surface area contributed by atoms with E-state index in [1.165, 1.54) is 16.3 Å². The summed E-state index contributed by atoms with van der Waals surface area (Å²) in [5.74, 6) is 0. The lowest BCUT2D eigenvalue weighted by Crippen LogP contribution is -2.10. The minimum Gasteiger partial charge on any atom is -0.463 e. The fourth-order valence-corrected chi connectivity index (χ4v) is 3.16. The van der Waals surface area contributed by atoms with Crippen LogP contribution in [-0.4, -0.2) is 18.7 Å². The van der Waals surface area contributed by atoms with Gasteiger partial charge in [0.05, 0.1) is 6.04 Å². The fraction of sp³-hybridized carbons (Fsp3) is 0.190. The summed E-state index contributed by atoms with van der Waals surface area (Å²) in [6, 6.07) is 23.8. The van der Waals surface area contributed by atoms with E-state index < -0.39 is 0 Å². The Bertz CT molecular complexity index is 897. The van der Waals surface area contributed by atoms with Crippen LogP contribution < -0.4 is 11.1 Å². The number of rotatable bonds is 5. The van der Waals surface area contributed by atoms with Crippen LogP contribution in [0.2, 0.25) is 0 Å². The molecule has 0 radical (unpaired) electrons. The van der Waals surface area contributed by atoms with Crippen LogP contribution in [0.5, 0.6) is 0 Å². The zero-order valence-corrected chi connectivity index (χ0v) is 14.0. The first kappa shape index (κ1) is 15.5. The van der Waals surface area contributed by atoms with Crippen molar-refractivity contribution >= 4 is 28.2 Å². The van der Waals surface area contributed by atoms with E-state index in [0.29, 0.717) is 12.6 Å². The standard InChI is InChI=1S/C21H21N3O/c22-21-24-18(14-25-21)13-10-15-8-11-17(12-9-15)23-20-7-3-5-16-4-1-2-6-19(16)20/h1-9,11-12,18,23H,10,13-14H2,(H2,22,24)/t18-/m0/s1. The van der Waals surface area contributed by atoms with Crippen molar-refractivity contribution in [3.63, 3.8) is 0 Å². The van der Waals surface area contributed by atoms with Crippen LogP contribution in [0.25, 0.3) is 10.8 Å². The summed E-state index contributed by atoms with van der Waals surface area (Å²) in [7, 11) is 0. The fourth-order valence-electron chi connectivity index (χ4n) is 3.16. The van der Waals surface area contributed by atoms with Crippen LogP contribution in [0.3, 0.4) is 0 Å². The van der Waals surface area contributed by atoms with Gasteiger partial charge in [0.25, 0.3) is 6.02 Å². The lowest BCUT2D eigenvalue weighted by molar-refractivity contribution is 0.308. The van der Waals surface area contributed by atoms with Crippen LogP contribution in [-0.2, 0) is 11.2 Å². The van der Waals surface area contributed by atoms with Gasteiger partial charge in [-0.3, -0.25) is 0 Å². The predicted octanol–water partition coefficient (Wildman–Crippen LogP) is 4.23. The highest BCUT2D eigenvalue weighted by molar-refractivity contribution is 5.95. The van der Waals surface area contributed by atoms with Gasteiger partial charge in [-0.15, -0.1) is 0 Å². The zero-order chi connectivity index (χ0) is 17.1. The molecule has 1 atom stereocenters. The summed E-state index contributed by atoms with van der Waals surface area (Å²) in [6.07, 6.45) is 1.93. The van der Waals surface area contributed by atoms with Crippen molar-refractivity contribution in [3.05, 3.63) is 72.3 Å². The SMILES string of the molecule is NC1=N[C@@H](CCc2ccc(Nc3cccc4ccccc34)cc2)CO1. The Morgan fingerprint density at radius 3 is 2.60 bits per heavy atom. The van der Waals surface area contributed by atoms with E-state index in [9.17, 15) is 0 Å². The van der Waals surface area contributed by atoms with E-state index in [2.05, 4.69) is 77.0 Å². The monoisotopic (exact) mass is 331 g/mol. The first-order chi connectivity index (χ1) is 12.3. The molecule has 0 saturated carbocycles. The molecule has 1 heterocycles. The van der Waals surface area contributed by atoms with Gasteiger partial charge in [-0.1, -0.05) is 48.5 Å². The molecule has 0 bridgehead atoms. The molecule has 3 aromatic rings. The molecule has 3 N–H and O–H groups in total. The third-order valence-corrected chi connectivity index (χ3v) is 4.52. The van der Waals surface area contributed by atoms with Gasteiger partial charge in [0.1, 0.15) is 6.61 Å². The Morgan fingerprint density at radius 1 is 1.00 bits per heavy atom. The van der Waals surface area contributed by atoms with Gasteiger partial charge in [0.2, 0.25) is 0 Å². The molecule has 4 rings (SSSR count). The molecule has 0 amide bonds. The van der Waals surface area contributed by atoms with Crippen LogP contribution >= 0.6 is 0 Å². The number of hydrogen-bond donors (Lipinski definition) is 2. The Kier molecular flexibility index (Phi) is 4.25. The van der Waals surface area contributed by atoms with Crippen molar-refractivity contribution in [1.82, 2.24) is 0 Å². The van der Waals surface area contributed by atoms with Crippen LogP contribution in [0.1, 0.15) is 12.0 Å². The molecule has 25 heavy (non-hydrogen) atoms. The number of anilines is 2. The maximum atomic E-state index is 5.55. The predicted molar refractivity (Wildman–Crippen MR) is 103 cm³/mol. The molecule has 4 nitrogen and oxygen atoms in total. The van der Waals surface area contributed by atoms with Gasteiger partial charge < -0.3 is 15.8 Å². The highest BCUT2D eigenvalue weighted by Crippen LogP contribution is 2.26. The second kappa shape index (κ2) is 6.85. The second-order valence-corrected chi connectivity index (χ2v) is 6.32. The van der Waals surface area contributed by atoms with Crippen molar-refractivity contribution in [2.24, 2.45) is 10.7 Å². The summed E-state index contributed by atoms with van der Waals surface area (Å²) < 4.78 is 5.19. The van der Waals surface area contributed by atoms with E-state index in [0.717, 1.165) is 24.2 Å². The van der Waals surface area contributed by atoms with Gasteiger partial charge in [0, 0.05) is 16.8 Å². The van der Waals surface area contributed by atoms with E-state index in [1.807, 2.05) is 0 Å². The number of hydrogen-bond acceptors (Lipinski definition) is 4. The molecule has 0 spiro atoms. The first-order valence-electron chi connectivity index (χ1n) is 8.58. The number of nitrogens with two attached hydrogens (primary N) is 1. The smallest absolute Gasteiger partial charge is 0.282 e. The molecular weight excluding hydrogens is 310 g/mol. The Morgan fingerprint density at radius 2 is 1.80 bits per heavy atom. The molecule has 1 aliphatic rings. The van der Waals surface area contributed by atoms with E-state index in [4.69, 9.17) is 10.5 Å². The Balaban J connectivity index is 1.43. The van der Waals surface area contributed by atoms with Crippen LogP contribution in [0.4, 0.5) is 11.4 Å². The third kappa shape index (κ3) is 3.58. The number of aryl methyl sites for hydroxylation is 1. The van der Waals surface area contributed by atoms with Gasteiger partial charge in [0.15, 0.2) is 0 Å². The number of ether oxygens (including phenoxy) is 1. The van der Waals surface area contributed by atoms with Crippen molar-refractivity contribution < 1.29 is 4.74 Å². The lowest BCUT2D eigenvalue weighted by Gasteiger charge is -2.11. The number of benzene rings is 3. The van der Waals surface area contributed by atoms with Gasteiger partial charge in [-0.05, 0) is 42.0 Å². The van der Waals surface area contributed by atoms with Crippen molar-refractivity contribution in [2.75, 3.05) is 11.9 Å². The maximum Gasteiger partial charge on any atom is 0.282 e. The van der Waals surface area contributed by atoms with Crippen molar-refractivity contribution in [2.45, 2.75) is 18.9 Å². The van der Waals surface area contributed by atoms with Gasteiger partial charge in [-0.2, -0.15) is 0 Å². The summed E-state index contributed by atoms with van der Waals surface area (Å²) >= 11 is 0. The number of nitrogens with zero attached hydrogens (tertiary/aromatic N) is 1. The van der Waals surface area contributed by atoms with Crippen molar-refractivity contribution in [1.29, 1.82) is 0 Å². The molecule has 3 aromatic carbocycles. The average Bonchev–Trinajstić information content (AvgIpc) is 3.07. The van der Waals surface area contributed by atoms with E-state index >= 15 is 0 Å².